The van der Waals surface area contributed by atoms with Crippen molar-refractivity contribution in [3.05, 3.63) is 90.1 Å². The molecule has 0 spiro atoms. The maximum Gasteiger partial charge on any atom is 0.308 e. The number of hydrogen-bond acceptors (Lipinski definition) is 6. The van der Waals surface area contributed by atoms with Crippen LogP contribution in [-0.2, 0) is 20.8 Å². The lowest BCUT2D eigenvalue weighted by molar-refractivity contribution is -0.132. The van der Waals surface area contributed by atoms with E-state index in [9.17, 15) is 19.2 Å². The first-order valence-corrected chi connectivity index (χ1v) is 12.5. The number of H-pyrrole nitrogens is 1. The predicted octanol–water partition coefficient (Wildman–Crippen LogP) is 4.12. The fourth-order valence-electron chi connectivity index (χ4n) is 4.86. The number of carbonyl (C=O) groups excluding carboxylic acids is 4. The minimum atomic E-state index is -0.977. The van der Waals surface area contributed by atoms with E-state index in [1.54, 1.807) is 24.3 Å². The summed E-state index contributed by atoms with van der Waals surface area (Å²) in [7, 11) is 1.52. The van der Waals surface area contributed by atoms with Crippen molar-refractivity contribution < 1.29 is 28.7 Å². The highest BCUT2D eigenvalue weighted by atomic mass is 16.5. The lowest BCUT2D eigenvalue weighted by atomic mass is 10.1. The van der Waals surface area contributed by atoms with E-state index in [0.29, 0.717) is 29.2 Å². The first-order valence-electron chi connectivity index (χ1n) is 12.5. The summed E-state index contributed by atoms with van der Waals surface area (Å²) in [6, 6.07) is 19.7. The smallest absolute Gasteiger partial charge is 0.308 e. The van der Waals surface area contributed by atoms with Gasteiger partial charge in [-0.1, -0.05) is 24.3 Å². The van der Waals surface area contributed by atoms with E-state index in [1.807, 2.05) is 30.5 Å². The van der Waals surface area contributed by atoms with Crippen molar-refractivity contribution >= 4 is 40.3 Å². The van der Waals surface area contributed by atoms with Gasteiger partial charge in [0.15, 0.2) is 0 Å². The van der Waals surface area contributed by atoms with E-state index in [0.717, 1.165) is 21.4 Å². The predicted molar refractivity (Wildman–Crippen MR) is 145 cm³/mol. The van der Waals surface area contributed by atoms with Crippen LogP contribution in [0.5, 0.6) is 11.5 Å². The van der Waals surface area contributed by atoms with Crippen LogP contribution in [0.4, 0.5) is 5.69 Å². The van der Waals surface area contributed by atoms with Gasteiger partial charge in [-0.2, -0.15) is 0 Å². The first-order chi connectivity index (χ1) is 18.9. The van der Waals surface area contributed by atoms with Crippen molar-refractivity contribution in [1.29, 1.82) is 0 Å². The summed E-state index contributed by atoms with van der Waals surface area (Å²) in [5.74, 6) is -0.933. The summed E-state index contributed by atoms with van der Waals surface area (Å²) in [6.07, 6.45) is 2.24. The van der Waals surface area contributed by atoms with Crippen LogP contribution in [0.15, 0.2) is 79.0 Å². The molecule has 1 aliphatic rings. The Labute approximate surface area is 224 Å². The minimum Gasteiger partial charge on any atom is -0.497 e. The van der Waals surface area contributed by atoms with Gasteiger partial charge in [-0.3, -0.25) is 19.2 Å². The van der Waals surface area contributed by atoms with Crippen molar-refractivity contribution in [3.8, 4) is 11.5 Å². The molecule has 9 nitrogen and oxygen atoms in total. The van der Waals surface area contributed by atoms with Crippen LogP contribution in [-0.4, -0.2) is 53.3 Å². The summed E-state index contributed by atoms with van der Waals surface area (Å²) in [5.41, 5.74) is 2.68. The van der Waals surface area contributed by atoms with E-state index in [4.69, 9.17) is 9.47 Å². The van der Waals surface area contributed by atoms with Gasteiger partial charge >= 0.3 is 5.97 Å². The standard InChI is InChI=1S/C30H27N3O6/c1-19(34)39-23-12-10-22(11-13-23)33-28(35)17-27(30(33)37)32(29(36)20-6-5-7-24(16-20)38-2)15-14-21-18-31-26-9-4-3-8-25(21)26/h3-13,16,18,27,31H,14-15,17H2,1-2H3. The second-order valence-corrected chi connectivity index (χ2v) is 9.21. The van der Waals surface area contributed by atoms with Gasteiger partial charge in [-0.15, -0.1) is 0 Å². The first kappa shape index (κ1) is 25.7. The number of aromatic amines is 1. The Morgan fingerprint density at radius 2 is 1.77 bits per heavy atom. The Balaban J connectivity index is 1.44. The second kappa shape index (κ2) is 10.8. The number of aromatic nitrogens is 1. The van der Waals surface area contributed by atoms with Crippen LogP contribution in [0.1, 0.15) is 29.3 Å². The Morgan fingerprint density at radius 1 is 1.00 bits per heavy atom. The normalized spacial score (nSPS) is 15.0. The van der Waals surface area contributed by atoms with Crippen LogP contribution >= 0.6 is 0 Å². The van der Waals surface area contributed by atoms with Gasteiger partial charge < -0.3 is 19.4 Å². The van der Waals surface area contributed by atoms with E-state index >= 15 is 0 Å². The molecule has 3 amide bonds. The quantitative estimate of drug-likeness (QED) is 0.211. The molecule has 4 aromatic rings. The topological polar surface area (TPSA) is 109 Å². The van der Waals surface area contributed by atoms with Gasteiger partial charge in [0, 0.05) is 36.1 Å². The molecule has 1 atom stereocenters. The van der Waals surface area contributed by atoms with E-state index in [2.05, 4.69) is 4.98 Å². The SMILES string of the molecule is COc1cccc(C(=O)N(CCc2c[nH]c3ccccc23)C2CC(=O)N(c3ccc(OC(C)=O)cc3)C2=O)c1. The highest BCUT2D eigenvalue weighted by Gasteiger charge is 2.44. The molecule has 0 radical (unpaired) electrons. The molecule has 1 fully saturated rings. The van der Waals surface area contributed by atoms with Gasteiger partial charge in [0.05, 0.1) is 19.2 Å². The Kier molecular flexibility index (Phi) is 7.14. The highest BCUT2D eigenvalue weighted by molar-refractivity contribution is 6.23. The molecule has 2 heterocycles. The third kappa shape index (κ3) is 5.24. The molecular weight excluding hydrogens is 498 g/mol. The Hall–Kier alpha value is -4.92. The highest BCUT2D eigenvalue weighted by Crippen LogP contribution is 2.29. The maximum atomic E-state index is 13.8. The Morgan fingerprint density at radius 3 is 2.51 bits per heavy atom. The van der Waals surface area contributed by atoms with Crippen molar-refractivity contribution in [2.75, 3.05) is 18.6 Å². The fraction of sp³-hybridized carbons (Fsp3) is 0.200. The number of nitrogens with zero attached hydrogens (tertiary/aromatic N) is 2. The average Bonchev–Trinajstić information content (AvgIpc) is 3.49. The number of methoxy groups -OCH3 is 1. The summed E-state index contributed by atoms with van der Waals surface area (Å²) in [5, 5.41) is 1.04. The number of benzene rings is 3. The third-order valence-corrected chi connectivity index (χ3v) is 6.73. The molecule has 5 rings (SSSR count). The number of imide groups is 1. The fourth-order valence-corrected chi connectivity index (χ4v) is 4.86. The van der Waals surface area contributed by atoms with Gasteiger partial charge in [-0.25, -0.2) is 4.90 Å². The lowest BCUT2D eigenvalue weighted by Crippen LogP contribution is -2.46. The number of nitrogens with one attached hydrogen (secondary N) is 1. The number of esters is 1. The molecule has 198 valence electrons. The summed E-state index contributed by atoms with van der Waals surface area (Å²) in [6.45, 7) is 1.51. The van der Waals surface area contributed by atoms with Gasteiger partial charge in [0.25, 0.3) is 11.8 Å². The molecule has 0 aliphatic carbocycles. The molecule has 1 N–H and O–H groups in total. The van der Waals surface area contributed by atoms with Crippen molar-refractivity contribution in [3.63, 3.8) is 0 Å². The molecule has 1 unspecified atom stereocenters. The van der Waals surface area contributed by atoms with Crippen molar-refractivity contribution in [2.24, 2.45) is 0 Å². The zero-order valence-corrected chi connectivity index (χ0v) is 21.5. The van der Waals surface area contributed by atoms with Crippen molar-refractivity contribution in [1.82, 2.24) is 9.88 Å². The number of anilines is 1. The molecule has 3 aromatic carbocycles. The summed E-state index contributed by atoms with van der Waals surface area (Å²) in [4.78, 5) is 57.6. The van der Waals surface area contributed by atoms with Crippen molar-refractivity contribution in [2.45, 2.75) is 25.8 Å². The van der Waals surface area contributed by atoms with Crippen LogP contribution in [0, 0.1) is 0 Å². The Bertz CT molecular complexity index is 1560. The van der Waals surface area contributed by atoms with E-state index in [-0.39, 0.29) is 18.9 Å². The van der Waals surface area contributed by atoms with Gasteiger partial charge in [-0.05, 0) is 60.5 Å². The number of para-hydroxylation sites is 1. The number of ether oxygens (including phenoxy) is 2. The molecule has 39 heavy (non-hydrogen) atoms. The van der Waals surface area contributed by atoms with Gasteiger partial charge in [0.1, 0.15) is 17.5 Å². The summed E-state index contributed by atoms with van der Waals surface area (Å²) < 4.78 is 10.3. The summed E-state index contributed by atoms with van der Waals surface area (Å²) >= 11 is 0. The molecule has 0 saturated carbocycles. The zero-order chi connectivity index (χ0) is 27.5. The monoisotopic (exact) mass is 525 g/mol. The number of amides is 3. The molecule has 1 saturated heterocycles. The number of hydrogen-bond donors (Lipinski definition) is 1. The lowest BCUT2D eigenvalue weighted by Gasteiger charge is -2.28. The number of fused-ring (bicyclic) bond motifs is 1. The van der Waals surface area contributed by atoms with E-state index in [1.165, 1.54) is 43.2 Å². The molecule has 9 heteroatoms. The van der Waals surface area contributed by atoms with Crippen LogP contribution in [0.2, 0.25) is 0 Å². The zero-order valence-electron chi connectivity index (χ0n) is 21.5. The molecule has 1 aliphatic heterocycles. The van der Waals surface area contributed by atoms with E-state index < -0.39 is 23.8 Å². The molecule has 1 aromatic heterocycles. The van der Waals surface area contributed by atoms with Gasteiger partial charge in [0.2, 0.25) is 5.91 Å². The average molecular weight is 526 g/mol. The van der Waals surface area contributed by atoms with Crippen LogP contribution in [0.3, 0.4) is 0 Å². The number of rotatable bonds is 8. The second-order valence-electron chi connectivity index (χ2n) is 9.21. The minimum absolute atomic E-state index is 0.145. The largest absolute Gasteiger partial charge is 0.497 e. The number of carbonyl (C=O) groups is 4. The third-order valence-electron chi connectivity index (χ3n) is 6.73. The maximum absolute atomic E-state index is 13.8. The molecular formula is C30H27N3O6. The van der Waals surface area contributed by atoms with Crippen LogP contribution in [0.25, 0.3) is 10.9 Å². The van der Waals surface area contributed by atoms with Crippen LogP contribution < -0.4 is 14.4 Å². The molecule has 0 bridgehead atoms.